The van der Waals surface area contributed by atoms with Crippen LogP contribution in [0.4, 0.5) is 8.78 Å². The second kappa shape index (κ2) is 9.28. The zero-order valence-corrected chi connectivity index (χ0v) is 16.4. The molecule has 0 N–H and O–H groups in total. The fourth-order valence-electron chi connectivity index (χ4n) is 3.11. The smallest absolute Gasteiger partial charge is 0.309 e. The molecule has 0 aromatic heterocycles. The maximum absolute atomic E-state index is 13.4. The summed E-state index contributed by atoms with van der Waals surface area (Å²) >= 11 is 0. The van der Waals surface area contributed by atoms with E-state index in [-0.39, 0.29) is 30.6 Å². The van der Waals surface area contributed by atoms with Gasteiger partial charge in [0.05, 0.1) is 10.8 Å². The molecule has 154 valence electrons. The van der Waals surface area contributed by atoms with Crippen molar-refractivity contribution in [1.29, 1.82) is 0 Å². The van der Waals surface area contributed by atoms with Gasteiger partial charge in [-0.05, 0) is 42.7 Å². The summed E-state index contributed by atoms with van der Waals surface area (Å²) in [7, 11) is -3.94. The van der Waals surface area contributed by atoms with E-state index in [9.17, 15) is 22.0 Å². The van der Waals surface area contributed by atoms with Crippen LogP contribution >= 0.6 is 0 Å². The molecule has 0 unspecified atom stereocenters. The van der Waals surface area contributed by atoms with Crippen LogP contribution in [0.1, 0.15) is 18.4 Å². The molecule has 0 saturated carbocycles. The van der Waals surface area contributed by atoms with Gasteiger partial charge in [-0.1, -0.05) is 36.4 Å². The first kappa shape index (κ1) is 21.1. The van der Waals surface area contributed by atoms with Gasteiger partial charge in [0.15, 0.2) is 11.6 Å². The summed E-state index contributed by atoms with van der Waals surface area (Å²) < 4.78 is 58.0. The van der Waals surface area contributed by atoms with E-state index in [0.717, 1.165) is 17.7 Å². The van der Waals surface area contributed by atoms with Gasteiger partial charge in [-0.3, -0.25) is 4.79 Å². The van der Waals surface area contributed by atoms with Crippen LogP contribution in [0.25, 0.3) is 6.08 Å². The lowest BCUT2D eigenvalue weighted by Gasteiger charge is -2.30. The van der Waals surface area contributed by atoms with Gasteiger partial charge in [0.1, 0.15) is 6.61 Å². The average molecular weight is 421 g/mol. The third kappa shape index (κ3) is 5.27. The Labute approximate surface area is 168 Å². The fourth-order valence-corrected chi connectivity index (χ4v) is 4.60. The van der Waals surface area contributed by atoms with E-state index in [1.165, 1.54) is 4.31 Å². The van der Waals surface area contributed by atoms with E-state index in [1.807, 2.05) is 36.4 Å². The van der Waals surface area contributed by atoms with Crippen LogP contribution in [0.2, 0.25) is 0 Å². The SMILES string of the molecule is O=C(OC/C=C/c1ccccc1)C1CCN(S(=O)(=O)c2ccc(F)c(F)c2)CC1. The number of carbonyl (C=O) groups excluding carboxylic acids is 1. The Morgan fingerprint density at radius 2 is 1.76 bits per heavy atom. The molecule has 1 fully saturated rings. The molecule has 0 amide bonds. The van der Waals surface area contributed by atoms with Crippen molar-refractivity contribution in [2.75, 3.05) is 19.7 Å². The van der Waals surface area contributed by atoms with E-state index in [0.29, 0.717) is 18.9 Å². The highest BCUT2D eigenvalue weighted by atomic mass is 32.2. The molecule has 3 rings (SSSR count). The number of ether oxygens (including phenoxy) is 1. The molecule has 8 heteroatoms. The highest BCUT2D eigenvalue weighted by Gasteiger charge is 2.33. The number of sulfonamides is 1. The number of benzene rings is 2. The minimum absolute atomic E-state index is 0.112. The lowest BCUT2D eigenvalue weighted by atomic mass is 9.98. The lowest BCUT2D eigenvalue weighted by Crippen LogP contribution is -2.40. The monoisotopic (exact) mass is 421 g/mol. The second-order valence-electron chi connectivity index (χ2n) is 6.70. The molecule has 2 aromatic carbocycles. The van der Waals surface area contributed by atoms with Gasteiger partial charge < -0.3 is 4.74 Å². The minimum atomic E-state index is -3.94. The van der Waals surface area contributed by atoms with Crippen molar-refractivity contribution < 1.29 is 26.7 Å². The third-order valence-electron chi connectivity index (χ3n) is 4.75. The molecular formula is C21H21F2NO4S. The fraction of sp³-hybridized carbons (Fsp3) is 0.286. The van der Waals surface area contributed by atoms with Crippen molar-refractivity contribution in [1.82, 2.24) is 4.31 Å². The first-order chi connectivity index (χ1) is 13.9. The number of carbonyl (C=O) groups is 1. The van der Waals surface area contributed by atoms with Crippen molar-refractivity contribution >= 4 is 22.1 Å². The molecule has 2 aromatic rings. The van der Waals surface area contributed by atoms with Crippen LogP contribution in [-0.2, 0) is 19.6 Å². The van der Waals surface area contributed by atoms with Crippen molar-refractivity contribution in [2.45, 2.75) is 17.7 Å². The third-order valence-corrected chi connectivity index (χ3v) is 6.64. The highest BCUT2D eigenvalue weighted by Crippen LogP contribution is 2.25. The predicted molar refractivity (Wildman–Crippen MR) is 104 cm³/mol. The van der Waals surface area contributed by atoms with Crippen molar-refractivity contribution in [3.05, 3.63) is 71.8 Å². The minimum Gasteiger partial charge on any atom is -0.461 e. The van der Waals surface area contributed by atoms with E-state index in [4.69, 9.17) is 4.74 Å². The number of esters is 1. The standard InChI is InChI=1S/C21H21F2NO4S/c22-19-9-8-18(15-20(19)23)29(26,27)24-12-10-17(11-13-24)21(25)28-14-4-7-16-5-2-1-3-6-16/h1-9,15,17H,10-14H2/b7-4+. The average Bonchev–Trinajstić information content (AvgIpc) is 2.74. The van der Waals surface area contributed by atoms with Crippen LogP contribution in [0, 0.1) is 17.6 Å². The molecular weight excluding hydrogens is 400 g/mol. The summed E-state index contributed by atoms with van der Waals surface area (Å²) in [6.07, 6.45) is 4.22. The molecule has 1 heterocycles. The zero-order chi connectivity index (χ0) is 20.9. The van der Waals surface area contributed by atoms with Crippen molar-refractivity contribution in [2.24, 2.45) is 5.92 Å². The van der Waals surface area contributed by atoms with Crippen LogP contribution in [0.5, 0.6) is 0 Å². The summed E-state index contributed by atoms with van der Waals surface area (Å²) in [6, 6.07) is 12.1. The maximum Gasteiger partial charge on any atom is 0.309 e. The van der Waals surface area contributed by atoms with Gasteiger partial charge in [0.25, 0.3) is 0 Å². The Morgan fingerprint density at radius 1 is 1.07 bits per heavy atom. The van der Waals surface area contributed by atoms with Crippen molar-refractivity contribution in [3.8, 4) is 0 Å². The summed E-state index contributed by atoms with van der Waals surface area (Å²) in [6.45, 7) is 0.364. The molecule has 1 aliphatic heterocycles. The van der Waals surface area contributed by atoms with Crippen LogP contribution in [0.3, 0.4) is 0 Å². The van der Waals surface area contributed by atoms with E-state index >= 15 is 0 Å². The number of hydrogen-bond donors (Lipinski definition) is 0. The van der Waals surface area contributed by atoms with E-state index in [2.05, 4.69) is 0 Å². The lowest BCUT2D eigenvalue weighted by molar-refractivity contribution is -0.148. The molecule has 29 heavy (non-hydrogen) atoms. The van der Waals surface area contributed by atoms with Gasteiger partial charge in [0, 0.05) is 13.1 Å². The summed E-state index contributed by atoms with van der Waals surface area (Å²) in [5, 5.41) is 0. The molecule has 1 saturated heterocycles. The van der Waals surface area contributed by atoms with Crippen molar-refractivity contribution in [3.63, 3.8) is 0 Å². The molecule has 0 radical (unpaired) electrons. The summed E-state index contributed by atoms with van der Waals surface area (Å²) in [5.41, 5.74) is 0.999. The number of piperidine rings is 1. The van der Waals surface area contributed by atoms with Crippen LogP contribution < -0.4 is 0 Å². The quantitative estimate of drug-likeness (QED) is 0.669. The molecule has 0 bridgehead atoms. The number of hydrogen-bond acceptors (Lipinski definition) is 4. The second-order valence-corrected chi connectivity index (χ2v) is 8.64. The predicted octanol–water partition coefficient (Wildman–Crippen LogP) is 3.62. The Hall–Kier alpha value is -2.58. The molecule has 0 atom stereocenters. The van der Waals surface area contributed by atoms with E-state index in [1.54, 1.807) is 6.08 Å². The normalized spacial score (nSPS) is 16.2. The Kier molecular flexibility index (Phi) is 6.76. The first-order valence-corrected chi connectivity index (χ1v) is 10.7. The Balaban J connectivity index is 1.51. The Morgan fingerprint density at radius 3 is 2.41 bits per heavy atom. The van der Waals surface area contributed by atoms with Gasteiger partial charge in [0.2, 0.25) is 10.0 Å². The topological polar surface area (TPSA) is 63.7 Å². The molecule has 0 aliphatic carbocycles. The van der Waals surface area contributed by atoms with Crippen LogP contribution in [-0.4, -0.2) is 38.4 Å². The number of rotatable bonds is 6. The maximum atomic E-state index is 13.4. The molecule has 5 nitrogen and oxygen atoms in total. The zero-order valence-electron chi connectivity index (χ0n) is 15.6. The van der Waals surface area contributed by atoms with Crippen LogP contribution in [0.15, 0.2) is 59.5 Å². The summed E-state index contributed by atoms with van der Waals surface area (Å²) in [5.74, 6) is -3.08. The van der Waals surface area contributed by atoms with Gasteiger partial charge in [-0.15, -0.1) is 0 Å². The summed E-state index contributed by atoms with van der Waals surface area (Å²) in [4.78, 5) is 11.9. The van der Waals surface area contributed by atoms with E-state index < -0.39 is 27.6 Å². The number of halogens is 2. The largest absolute Gasteiger partial charge is 0.461 e. The number of nitrogens with zero attached hydrogens (tertiary/aromatic N) is 1. The molecule has 1 aliphatic rings. The first-order valence-electron chi connectivity index (χ1n) is 9.21. The Bertz CT molecular complexity index is 985. The highest BCUT2D eigenvalue weighted by molar-refractivity contribution is 7.89. The van der Waals surface area contributed by atoms with Gasteiger partial charge in [-0.25, -0.2) is 17.2 Å². The van der Waals surface area contributed by atoms with Gasteiger partial charge in [-0.2, -0.15) is 4.31 Å². The molecule has 0 spiro atoms. The van der Waals surface area contributed by atoms with Gasteiger partial charge >= 0.3 is 5.97 Å².